The van der Waals surface area contributed by atoms with Gasteiger partial charge in [-0.25, -0.2) is 10.2 Å². The summed E-state index contributed by atoms with van der Waals surface area (Å²) in [5.41, 5.74) is 4.54. The van der Waals surface area contributed by atoms with E-state index in [1.165, 1.54) is 17.6 Å². The highest BCUT2D eigenvalue weighted by atomic mass is 35.5. The summed E-state index contributed by atoms with van der Waals surface area (Å²) in [5, 5.41) is 7.61. The van der Waals surface area contributed by atoms with Gasteiger partial charge in [0.15, 0.2) is 0 Å². The summed E-state index contributed by atoms with van der Waals surface area (Å²) in [4.78, 5) is 36.9. The lowest BCUT2D eigenvalue weighted by molar-refractivity contribution is -0.120. The molecule has 2 amide bonds. The van der Waals surface area contributed by atoms with E-state index in [0.717, 1.165) is 15.6 Å². The van der Waals surface area contributed by atoms with Gasteiger partial charge in [0.1, 0.15) is 10.6 Å². The van der Waals surface area contributed by atoms with Crippen molar-refractivity contribution in [3.8, 4) is 5.75 Å². The number of hydrazone groups is 1. The fraction of sp³-hybridized carbons (Fsp3) is 0.0769. The third-order valence-electron chi connectivity index (χ3n) is 4.94. The maximum Gasteiger partial charge on any atom is 0.355 e. The molecule has 0 bridgehead atoms. The Hall–Kier alpha value is -4.01. The Morgan fingerprint density at radius 3 is 2.43 bits per heavy atom. The lowest BCUT2D eigenvalue weighted by Gasteiger charge is -2.05. The number of ether oxygens (including phenoxy) is 1. The molecule has 0 fully saturated rings. The molecule has 0 atom stereocenters. The predicted molar refractivity (Wildman–Crippen MR) is 137 cm³/mol. The summed E-state index contributed by atoms with van der Waals surface area (Å²) in [6, 6.07) is 21.1. The largest absolute Gasteiger partial charge is 0.422 e. The first-order valence-electron chi connectivity index (χ1n) is 10.6. The second-order valence-electron chi connectivity index (χ2n) is 7.54. The van der Waals surface area contributed by atoms with Crippen LogP contribution in [0.3, 0.4) is 0 Å². The number of nitrogens with one attached hydrogen (secondary N) is 2. The Morgan fingerprint density at radius 2 is 1.71 bits per heavy atom. The molecule has 0 aliphatic rings. The second-order valence-corrected chi connectivity index (χ2v) is 8.97. The summed E-state index contributed by atoms with van der Waals surface area (Å²) in [6.45, 7) is 1.72. The van der Waals surface area contributed by atoms with Crippen molar-refractivity contribution in [1.29, 1.82) is 0 Å². The van der Waals surface area contributed by atoms with Crippen LogP contribution in [-0.4, -0.2) is 30.5 Å². The molecule has 0 unspecified atom stereocenters. The van der Waals surface area contributed by atoms with Crippen LogP contribution in [0.25, 0.3) is 10.1 Å². The molecule has 4 rings (SSSR count). The Balaban J connectivity index is 1.26. The Bertz CT molecular complexity index is 1410. The van der Waals surface area contributed by atoms with Crippen molar-refractivity contribution in [2.24, 2.45) is 5.10 Å². The number of hydrogen-bond donors (Lipinski definition) is 2. The lowest BCUT2D eigenvalue weighted by Crippen LogP contribution is -2.34. The quantitative estimate of drug-likeness (QED) is 0.160. The highest BCUT2D eigenvalue weighted by Gasteiger charge is 2.18. The molecular formula is C26H20ClN3O4S. The fourth-order valence-corrected chi connectivity index (χ4v) is 4.49. The normalized spacial score (nSPS) is 10.9. The molecule has 0 spiro atoms. The van der Waals surface area contributed by atoms with E-state index in [0.29, 0.717) is 26.8 Å². The molecule has 7 nitrogen and oxygen atoms in total. The zero-order valence-corrected chi connectivity index (χ0v) is 20.2. The van der Waals surface area contributed by atoms with Crippen molar-refractivity contribution in [2.75, 3.05) is 6.54 Å². The van der Waals surface area contributed by atoms with Gasteiger partial charge in [0, 0.05) is 15.6 Å². The second kappa shape index (κ2) is 10.9. The maximum absolute atomic E-state index is 12.6. The number of halogens is 1. The molecule has 9 heteroatoms. The summed E-state index contributed by atoms with van der Waals surface area (Å²) in [6.07, 6.45) is 1.44. The lowest BCUT2D eigenvalue weighted by atomic mass is 10.1. The van der Waals surface area contributed by atoms with E-state index >= 15 is 0 Å². The van der Waals surface area contributed by atoms with Crippen LogP contribution in [0, 0.1) is 6.92 Å². The van der Waals surface area contributed by atoms with Crippen molar-refractivity contribution in [2.45, 2.75) is 6.92 Å². The number of fused-ring (bicyclic) bond motifs is 1. The van der Waals surface area contributed by atoms with Crippen LogP contribution in [-0.2, 0) is 4.79 Å². The topological polar surface area (TPSA) is 96.9 Å². The SMILES string of the molecule is Cc1ccc(C(=O)NCC(=O)N/N=C\c2ccc(OC(=O)c3sc4ccccc4c3Cl)cc2)cc1. The van der Waals surface area contributed by atoms with Gasteiger partial charge in [0.25, 0.3) is 11.8 Å². The smallest absolute Gasteiger partial charge is 0.355 e. The first-order valence-corrected chi connectivity index (χ1v) is 11.8. The van der Waals surface area contributed by atoms with Gasteiger partial charge in [-0.15, -0.1) is 11.3 Å². The van der Waals surface area contributed by atoms with Crippen LogP contribution in [0.1, 0.15) is 31.2 Å². The van der Waals surface area contributed by atoms with Crippen molar-refractivity contribution in [1.82, 2.24) is 10.7 Å². The molecule has 0 aliphatic carbocycles. The van der Waals surface area contributed by atoms with Gasteiger partial charge in [0.05, 0.1) is 17.8 Å². The minimum atomic E-state index is -0.530. The maximum atomic E-state index is 12.6. The summed E-state index contributed by atoms with van der Waals surface area (Å²) < 4.78 is 6.35. The highest BCUT2D eigenvalue weighted by molar-refractivity contribution is 7.21. The number of carbonyl (C=O) groups is 3. The first-order chi connectivity index (χ1) is 16.9. The zero-order valence-electron chi connectivity index (χ0n) is 18.6. The summed E-state index contributed by atoms with van der Waals surface area (Å²) >= 11 is 7.62. The van der Waals surface area contributed by atoms with Gasteiger partial charge >= 0.3 is 5.97 Å². The van der Waals surface area contributed by atoms with Crippen LogP contribution in [0.2, 0.25) is 5.02 Å². The molecule has 0 aliphatic heterocycles. The molecule has 0 saturated heterocycles. The van der Waals surface area contributed by atoms with Gasteiger partial charge in [-0.05, 0) is 55.0 Å². The third-order valence-corrected chi connectivity index (χ3v) is 6.59. The number of nitrogens with zero attached hydrogens (tertiary/aromatic N) is 1. The van der Waals surface area contributed by atoms with Gasteiger partial charge in [-0.2, -0.15) is 5.10 Å². The molecule has 1 aromatic heterocycles. The Morgan fingerprint density at radius 1 is 1.00 bits per heavy atom. The standard InChI is InChI=1S/C26H20ClN3O4S/c1-16-6-10-18(11-7-16)25(32)28-15-22(31)30-29-14-17-8-12-19(13-9-17)34-26(33)24-23(27)20-4-2-3-5-21(20)35-24/h2-14H,15H2,1H3,(H,28,32)(H,30,31)/b29-14-. The molecule has 0 radical (unpaired) electrons. The molecule has 3 aromatic carbocycles. The monoisotopic (exact) mass is 505 g/mol. The van der Waals surface area contributed by atoms with E-state index in [1.54, 1.807) is 36.4 Å². The van der Waals surface area contributed by atoms with E-state index in [4.69, 9.17) is 16.3 Å². The molecular weight excluding hydrogens is 486 g/mol. The van der Waals surface area contributed by atoms with E-state index in [-0.39, 0.29) is 12.5 Å². The van der Waals surface area contributed by atoms with Crippen molar-refractivity contribution >= 4 is 57.0 Å². The minimum Gasteiger partial charge on any atom is -0.422 e. The van der Waals surface area contributed by atoms with E-state index in [2.05, 4.69) is 15.8 Å². The average Bonchev–Trinajstić information content (AvgIpc) is 3.21. The predicted octanol–water partition coefficient (Wildman–Crippen LogP) is 4.96. The van der Waals surface area contributed by atoms with Crippen LogP contribution < -0.4 is 15.5 Å². The average molecular weight is 506 g/mol. The van der Waals surface area contributed by atoms with Gasteiger partial charge in [-0.3, -0.25) is 9.59 Å². The number of amides is 2. The number of rotatable bonds is 7. The number of benzene rings is 3. The van der Waals surface area contributed by atoms with Crippen molar-refractivity contribution in [3.05, 3.63) is 99.4 Å². The molecule has 176 valence electrons. The third kappa shape index (κ3) is 6.11. The minimum absolute atomic E-state index is 0.209. The van der Waals surface area contributed by atoms with Crippen LogP contribution in [0.5, 0.6) is 5.75 Å². The highest BCUT2D eigenvalue weighted by Crippen LogP contribution is 2.35. The van der Waals surface area contributed by atoms with E-state index < -0.39 is 11.9 Å². The zero-order chi connectivity index (χ0) is 24.8. The number of aryl methyl sites for hydroxylation is 1. The molecule has 2 N–H and O–H groups in total. The first kappa shape index (κ1) is 24.1. The number of thiophene rings is 1. The Labute approximate surface area is 210 Å². The summed E-state index contributed by atoms with van der Waals surface area (Å²) in [7, 11) is 0. The van der Waals surface area contributed by atoms with Gasteiger partial charge < -0.3 is 10.1 Å². The number of esters is 1. The van der Waals surface area contributed by atoms with E-state index in [1.807, 2.05) is 43.3 Å². The Kier molecular flexibility index (Phi) is 7.54. The molecule has 35 heavy (non-hydrogen) atoms. The van der Waals surface area contributed by atoms with Crippen molar-refractivity contribution < 1.29 is 19.1 Å². The van der Waals surface area contributed by atoms with Crippen LogP contribution in [0.4, 0.5) is 0 Å². The van der Waals surface area contributed by atoms with Crippen molar-refractivity contribution in [3.63, 3.8) is 0 Å². The van der Waals surface area contributed by atoms with Gasteiger partial charge in [0.2, 0.25) is 0 Å². The van der Waals surface area contributed by atoms with Gasteiger partial charge in [-0.1, -0.05) is 47.5 Å². The number of carbonyl (C=O) groups excluding carboxylic acids is 3. The molecule has 4 aromatic rings. The van der Waals surface area contributed by atoms with E-state index in [9.17, 15) is 14.4 Å². The summed E-state index contributed by atoms with van der Waals surface area (Å²) in [5.74, 6) is -0.986. The fourth-order valence-electron chi connectivity index (χ4n) is 3.11. The van der Waals surface area contributed by atoms with Crippen LogP contribution >= 0.6 is 22.9 Å². The van der Waals surface area contributed by atoms with Crippen LogP contribution in [0.15, 0.2) is 77.9 Å². The molecule has 1 heterocycles. The number of hydrogen-bond acceptors (Lipinski definition) is 6. The molecule has 0 saturated carbocycles.